The molecule has 36 heavy (non-hydrogen) atoms. The fraction of sp³-hybridized carbons (Fsp3) is 0.344. The van der Waals surface area contributed by atoms with Crippen molar-refractivity contribution in [3.63, 3.8) is 0 Å². The van der Waals surface area contributed by atoms with Crippen molar-refractivity contribution in [1.29, 1.82) is 0 Å². The number of aryl methyl sites for hydroxylation is 1. The molecular weight excluding hydrogens is 511 g/mol. The van der Waals surface area contributed by atoms with Crippen LogP contribution in [0.15, 0.2) is 60.7 Å². The second-order valence-electron chi connectivity index (χ2n) is 10.8. The summed E-state index contributed by atoms with van der Waals surface area (Å²) in [4.78, 5) is 15.0. The van der Waals surface area contributed by atoms with Gasteiger partial charge in [0.1, 0.15) is 0 Å². The van der Waals surface area contributed by atoms with E-state index in [0.717, 1.165) is 24.2 Å². The summed E-state index contributed by atoms with van der Waals surface area (Å²) in [7, 11) is 1.39. The van der Waals surface area contributed by atoms with E-state index in [1.54, 1.807) is 12.1 Å². The van der Waals surface area contributed by atoms with Crippen molar-refractivity contribution < 1.29 is 14.3 Å². The Bertz CT molecular complexity index is 1310. The van der Waals surface area contributed by atoms with Crippen molar-refractivity contribution >= 4 is 25.4 Å². The van der Waals surface area contributed by atoms with Gasteiger partial charge in [-0.25, -0.2) is 0 Å². The summed E-state index contributed by atoms with van der Waals surface area (Å²) >= 11 is -0.0321. The predicted molar refractivity (Wildman–Crippen MR) is 147 cm³/mol. The van der Waals surface area contributed by atoms with Gasteiger partial charge in [-0.05, 0) is 0 Å². The zero-order valence-corrected chi connectivity index (χ0v) is 23.7. The Labute approximate surface area is 221 Å². The van der Waals surface area contributed by atoms with Gasteiger partial charge in [0.25, 0.3) is 0 Å². The van der Waals surface area contributed by atoms with Gasteiger partial charge in [0.15, 0.2) is 0 Å². The first-order chi connectivity index (χ1) is 17.1. The summed E-state index contributed by atoms with van der Waals surface area (Å²) in [5, 5.41) is 0. The van der Waals surface area contributed by atoms with Crippen molar-refractivity contribution in [1.82, 2.24) is 0 Å². The van der Waals surface area contributed by atoms with E-state index < -0.39 is 0 Å². The molecule has 0 saturated heterocycles. The summed E-state index contributed by atoms with van der Waals surface area (Å²) in [5.41, 5.74) is 6.74. The van der Waals surface area contributed by atoms with E-state index in [-0.39, 0.29) is 31.8 Å². The molecule has 4 rings (SSSR count). The Morgan fingerprint density at radius 1 is 0.944 bits per heavy atom. The molecule has 0 aromatic heterocycles. The first kappa shape index (κ1) is 26.1. The fourth-order valence-electron chi connectivity index (χ4n) is 4.68. The molecule has 0 amide bonds. The molecule has 0 aliphatic heterocycles. The molecule has 0 atom stereocenters. The third-order valence-corrected chi connectivity index (χ3v) is 8.46. The monoisotopic (exact) mass is 546 g/mol. The van der Waals surface area contributed by atoms with Gasteiger partial charge in [-0.15, -0.1) is 0 Å². The number of methoxy groups -OCH3 is 1. The Morgan fingerprint density at radius 3 is 2.28 bits per heavy atom. The Morgan fingerprint density at radius 2 is 1.61 bits per heavy atom. The van der Waals surface area contributed by atoms with E-state index in [0.29, 0.717) is 12.2 Å². The minimum atomic E-state index is -0.337. The Kier molecular flexibility index (Phi) is 7.65. The van der Waals surface area contributed by atoms with Crippen LogP contribution in [0.1, 0.15) is 78.7 Å². The van der Waals surface area contributed by atoms with Crippen LogP contribution < -0.4 is 9.20 Å². The molecule has 3 aromatic rings. The number of carbonyl (C=O) groups is 1. The predicted octanol–water partition coefficient (Wildman–Crippen LogP) is 6.05. The van der Waals surface area contributed by atoms with Crippen LogP contribution in [0.2, 0.25) is 0 Å². The first-order valence-electron chi connectivity index (χ1n) is 12.3. The normalized spacial score (nSPS) is 15.3. The van der Waals surface area contributed by atoms with Crippen LogP contribution >= 0.6 is 0 Å². The number of fused-ring (bicyclic) bond motifs is 1. The standard InChI is InChI=1S/C32H34O3Se/c1-22-7-9-24(10-8-22)21-35-28-20-26(19-27-29(28)32(4,5)17-16-31(27,2)3)36-18-15-23-11-13-25(14-12-23)30(33)34-6/h7-14,19-20H,16-17,21H2,1-6H3. The third kappa shape index (κ3) is 5.86. The first-order valence-corrected chi connectivity index (χ1v) is 14.0. The van der Waals surface area contributed by atoms with E-state index in [9.17, 15) is 4.79 Å². The van der Waals surface area contributed by atoms with Crippen molar-refractivity contribution in [3.05, 3.63) is 94.0 Å². The van der Waals surface area contributed by atoms with Crippen LogP contribution in [0.5, 0.6) is 5.75 Å². The summed E-state index contributed by atoms with van der Waals surface area (Å²) < 4.78 is 12.5. The second kappa shape index (κ2) is 10.6. The molecule has 0 spiro atoms. The number of hydrogen-bond donors (Lipinski definition) is 0. The van der Waals surface area contributed by atoms with E-state index in [1.807, 2.05) is 12.1 Å². The van der Waals surface area contributed by atoms with Crippen LogP contribution in [0.4, 0.5) is 0 Å². The van der Waals surface area contributed by atoms with Gasteiger partial charge in [-0.3, -0.25) is 0 Å². The number of benzene rings is 3. The van der Waals surface area contributed by atoms with Gasteiger partial charge >= 0.3 is 222 Å². The molecular formula is C32H34O3Se. The number of ether oxygens (including phenoxy) is 2. The Balaban J connectivity index is 1.64. The Hall–Kier alpha value is -2.99. The molecule has 0 fully saturated rings. The zero-order chi connectivity index (χ0) is 25.9. The maximum atomic E-state index is 11.7. The quantitative estimate of drug-likeness (QED) is 0.223. The number of hydrogen-bond acceptors (Lipinski definition) is 3. The minimum absolute atomic E-state index is 0.0321. The molecule has 0 heterocycles. The summed E-state index contributed by atoms with van der Waals surface area (Å²) in [6.07, 6.45) is 2.29. The molecule has 0 radical (unpaired) electrons. The number of esters is 1. The van der Waals surface area contributed by atoms with Crippen molar-refractivity contribution in [2.75, 3.05) is 7.11 Å². The zero-order valence-electron chi connectivity index (χ0n) is 22.0. The number of carbonyl (C=O) groups excluding carboxylic acids is 1. The molecule has 4 heteroatoms. The SMILES string of the molecule is COC(=O)c1ccc(C#C[Se]c2cc(OCc3ccc(C)cc3)c3c(c2)C(C)(C)CCC3(C)C)cc1. The topological polar surface area (TPSA) is 35.5 Å². The van der Waals surface area contributed by atoms with Crippen LogP contribution in [-0.4, -0.2) is 28.0 Å². The van der Waals surface area contributed by atoms with Crippen molar-refractivity contribution in [3.8, 4) is 16.5 Å². The van der Waals surface area contributed by atoms with E-state index in [1.165, 1.54) is 33.8 Å². The van der Waals surface area contributed by atoms with Crippen molar-refractivity contribution in [2.45, 2.75) is 64.9 Å². The molecule has 0 bridgehead atoms. The van der Waals surface area contributed by atoms with E-state index in [2.05, 4.69) is 81.8 Å². The van der Waals surface area contributed by atoms with Gasteiger partial charge < -0.3 is 0 Å². The maximum absolute atomic E-state index is 11.7. The summed E-state index contributed by atoms with van der Waals surface area (Å²) in [6.45, 7) is 12.0. The summed E-state index contributed by atoms with van der Waals surface area (Å²) in [6, 6.07) is 20.4. The molecule has 1 aliphatic rings. The van der Waals surface area contributed by atoms with E-state index >= 15 is 0 Å². The molecule has 3 nitrogen and oxygen atoms in total. The van der Waals surface area contributed by atoms with Gasteiger partial charge in [0, 0.05) is 0 Å². The molecule has 0 saturated carbocycles. The van der Waals surface area contributed by atoms with Crippen molar-refractivity contribution in [2.24, 2.45) is 0 Å². The second-order valence-corrected chi connectivity index (χ2v) is 12.6. The van der Waals surface area contributed by atoms with Crippen LogP contribution in [0, 0.1) is 17.7 Å². The van der Waals surface area contributed by atoms with Gasteiger partial charge in [-0.2, -0.15) is 0 Å². The molecule has 0 N–H and O–H groups in total. The van der Waals surface area contributed by atoms with Crippen LogP contribution in [-0.2, 0) is 22.2 Å². The molecule has 0 unspecified atom stereocenters. The average molecular weight is 546 g/mol. The molecule has 3 aromatic carbocycles. The molecule has 1 aliphatic carbocycles. The van der Waals surface area contributed by atoms with Gasteiger partial charge in [-0.1, -0.05) is 0 Å². The van der Waals surface area contributed by atoms with Gasteiger partial charge in [0.2, 0.25) is 0 Å². The summed E-state index contributed by atoms with van der Waals surface area (Å²) in [5.74, 6) is 3.92. The molecule has 186 valence electrons. The average Bonchev–Trinajstić information content (AvgIpc) is 2.86. The third-order valence-electron chi connectivity index (χ3n) is 7.04. The van der Waals surface area contributed by atoms with Crippen LogP contribution in [0.3, 0.4) is 0 Å². The number of rotatable bonds is 5. The van der Waals surface area contributed by atoms with Crippen LogP contribution in [0.25, 0.3) is 0 Å². The van der Waals surface area contributed by atoms with Gasteiger partial charge in [0.05, 0.1) is 0 Å². The fourth-order valence-corrected chi connectivity index (χ4v) is 6.00. The van der Waals surface area contributed by atoms with E-state index in [4.69, 9.17) is 9.47 Å².